The van der Waals surface area contributed by atoms with Gasteiger partial charge in [-0.15, -0.1) is 0 Å². The molecule has 0 fully saturated rings. The van der Waals surface area contributed by atoms with E-state index in [1.807, 2.05) is 0 Å². The molecule has 1 heterocycles. The molecule has 1 aromatic carbocycles. The second-order valence-corrected chi connectivity index (χ2v) is 6.64. The molecule has 25 heavy (non-hydrogen) atoms. The molecule has 0 radical (unpaired) electrons. The van der Waals surface area contributed by atoms with Crippen LogP contribution < -0.4 is 10.3 Å². The first kappa shape index (κ1) is 19.0. The van der Waals surface area contributed by atoms with Crippen molar-refractivity contribution in [2.75, 3.05) is 0 Å². The molecule has 2 rings (SSSR count). The van der Waals surface area contributed by atoms with Crippen LogP contribution in [0.15, 0.2) is 40.2 Å². The second kappa shape index (κ2) is 6.52. The summed E-state index contributed by atoms with van der Waals surface area (Å²) < 4.78 is 92.0. The predicted molar refractivity (Wildman–Crippen MR) is 75.0 cm³/mol. The molecule has 1 N–H and O–H groups in total. The van der Waals surface area contributed by atoms with Gasteiger partial charge < -0.3 is 0 Å². The van der Waals surface area contributed by atoms with Gasteiger partial charge >= 0.3 is 6.18 Å². The smallest absolute Gasteiger partial charge is 0.268 e. The first-order valence-corrected chi connectivity index (χ1v) is 7.97. The largest absolute Gasteiger partial charge is 0.408 e. The van der Waals surface area contributed by atoms with Gasteiger partial charge in [0.2, 0.25) is 10.0 Å². The van der Waals surface area contributed by atoms with Crippen LogP contribution in [-0.2, 0) is 17.1 Å². The lowest BCUT2D eigenvalue weighted by Crippen LogP contribution is -2.38. The normalized spacial score (nSPS) is 13.7. The summed E-state index contributed by atoms with van der Waals surface area (Å²) >= 11 is 0. The van der Waals surface area contributed by atoms with Gasteiger partial charge in [0.1, 0.15) is 10.9 Å². The predicted octanol–water partition coefficient (Wildman–Crippen LogP) is 1.64. The Morgan fingerprint density at radius 2 is 1.80 bits per heavy atom. The van der Waals surface area contributed by atoms with E-state index in [-0.39, 0.29) is 6.07 Å². The van der Waals surface area contributed by atoms with Crippen molar-refractivity contribution in [3.63, 3.8) is 0 Å². The molecular weight excluding hydrogens is 373 g/mol. The fraction of sp³-hybridized carbons (Fsp3) is 0.231. The summed E-state index contributed by atoms with van der Waals surface area (Å²) in [7, 11) is -3.60. The molecule has 0 amide bonds. The number of nitrogens with zero attached hydrogens (tertiary/aromatic N) is 2. The SMILES string of the molecule is Cn1ncc(S(=O)(=O)N[C@H](c2ccc(F)c(F)c2)C(F)(F)F)cc1=O. The highest BCUT2D eigenvalue weighted by atomic mass is 32.2. The van der Waals surface area contributed by atoms with Crippen LogP contribution in [0, 0.1) is 11.6 Å². The van der Waals surface area contributed by atoms with Crippen LogP contribution >= 0.6 is 0 Å². The minimum absolute atomic E-state index is 0.234. The number of aryl methyl sites for hydroxylation is 1. The van der Waals surface area contributed by atoms with Crippen molar-refractivity contribution in [1.82, 2.24) is 14.5 Å². The summed E-state index contributed by atoms with van der Waals surface area (Å²) in [6.45, 7) is 0. The minimum atomic E-state index is -5.15. The number of aromatic nitrogens is 2. The van der Waals surface area contributed by atoms with E-state index in [1.54, 1.807) is 0 Å². The molecule has 1 atom stereocenters. The molecule has 0 spiro atoms. The van der Waals surface area contributed by atoms with Gasteiger partial charge in [0.25, 0.3) is 5.56 Å². The van der Waals surface area contributed by atoms with Crippen LogP contribution in [-0.4, -0.2) is 24.4 Å². The maximum absolute atomic E-state index is 13.2. The van der Waals surface area contributed by atoms with Crippen LogP contribution in [0.1, 0.15) is 11.6 Å². The van der Waals surface area contributed by atoms with E-state index >= 15 is 0 Å². The third-order valence-electron chi connectivity index (χ3n) is 3.13. The average Bonchev–Trinajstić information content (AvgIpc) is 2.49. The lowest BCUT2D eigenvalue weighted by atomic mass is 10.1. The summed E-state index contributed by atoms with van der Waals surface area (Å²) in [5, 5.41) is 3.41. The van der Waals surface area contributed by atoms with Gasteiger partial charge in [0.05, 0.1) is 6.20 Å². The van der Waals surface area contributed by atoms with Gasteiger partial charge in [-0.1, -0.05) is 6.07 Å². The summed E-state index contributed by atoms with van der Waals surface area (Å²) in [4.78, 5) is 10.6. The van der Waals surface area contributed by atoms with Gasteiger partial charge in [0.15, 0.2) is 11.6 Å². The van der Waals surface area contributed by atoms with Crippen LogP contribution in [0.4, 0.5) is 22.0 Å². The Kier molecular flexibility index (Phi) is 4.95. The van der Waals surface area contributed by atoms with E-state index in [2.05, 4.69) is 5.10 Å². The standard InChI is InChI=1S/C13H10F5N3O3S/c1-21-11(22)5-8(6-19-21)25(23,24)20-12(13(16,17)18)7-2-3-9(14)10(15)4-7/h2-6,12,20H,1H3/t12-/m1/s1. The summed E-state index contributed by atoms with van der Waals surface area (Å²) in [6, 6.07) is -0.998. The Labute approximate surface area is 138 Å². The van der Waals surface area contributed by atoms with E-state index in [4.69, 9.17) is 0 Å². The minimum Gasteiger partial charge on any atom is -0.268 e. The zero-order valence-electron chi connectivity index (χ0n) is 12.4. The molecule has 12 heteroatoms. The number of halogens is 5. The molecule has 1 aromatic heterocycles. The number of hydrogen-bond donors (Lipinski definition) is 1. The van der Waals surface area contributed by atoms with Gasteiger partial charge in [-0.3, -0.25) is 4.79 Å². The number of sulfonamides is 1. The van der Waals surface area contributed by atoms with Gasteiger partial charge in [-0.25, -0.2) is 21.9 Å². The van der Waals surface area contributed by atoms with Crippen LogP contribution in [0.3, 0.4) is 0 Å². The van der Waals surface area contributed by atoms with E-state index in [0.29, 0.717) is 24.4 Å². The number of benzene rings is 1. The van der Waals surface area contributed by atoms with Crippen molar-refractivity contribution in [1.29, 1.82) is 0 Å². The average molecular weight is 383 g/mol. The highest BCUT2D eigenvalue weighted by Gasteiger charge is 2.44. The van der Waals surface area contributed by atoms with Crippen LogP contribution in [0.25, 0.3) is 0 Å². The summed E-state index contributed by atoms with van der Waals surface area (Å²) in [5.74, 6) is -2.95. The highest BCUT2D eigenvalue weighted by molar-refractivity contribution is 7.89. The molecule has 6 nitrogen and oxygen atoms in total. The zero-order valence-corrected chi connectivity index (χ0v) is 13.2. The van der Waals surface area contributed by atoms with Crippen molar-refractivity contribution in [3.05, 3.63) is 58.0 Å². The lowest BCUT2D eigenvalue weighted by Gasteiger charge is -2.22. The van der Waals surface area contributed by atoms with Crippen molar-refractivity contribution < 1.29 is 30.4 Å². The maximum Gasteiger partial charge on any atom is 0.408 e. The van der Waals surface area contributed by atoms with Crippen molar-refractivity contribution in [2.45, 2.75) is 17.1 Å². The highest BCUT2D eigenvalue weighted by Crippen LogP contribution is 2.34. The molecular formula is C13H10F5N3O3S. The van der Waals surface area contributed by atoms with Gasteiger partial charge in [0, 0.05) is 13.1 Å². The monoisotopic (exact) mass is 383 g/mol. The molecule has 0 unspecified atom stereocenters. The number of nitrogens with one attached hydrogen (secondary N) is 1. The number of rotatable bonds is 4. The Hall–Kier alpha value is -2.34. The fourth-order valence-corrected chi connectivity index (χ4v) is 3.00. The van der Waals surface area contributed by atoms with E-state index in [1.165, 1.54) is 11.8 Å². The molecule has 0 aliphatic carbocycles. The molecule has 136 valence electrons. The van der Waals surface area contributed by atoms with Gasteiger partial charge in [-0.2, -0.15) is 23.0 Å². The van der Waals surface area contributed by atoms with Crippen molar-refractivity contribution in [3.8, 4) is 0 Å². The first-order chi connectivity index (χ1) is 11.4. The maximum atomic E-state index is 13.2. The first-order valence-electron chi connectivity index (χ1n) is 6.49. The lowest BCUT2D eigenvalue weighted by molar-refractivity contribution is -0.153. The van der Waals surface area contributed by atoms with E-state index in [9.17, 15) is 35.2 Å². The Bertz CT molecular complexity index is 956. The second-order valence-electron chi connectivity index (χ2n) is 4.92. The Morgan fingerprint density at radius 3 is 2.32 bits per heavy atom. The van der Waals surface area contributed by atoms with Gasteiger partial charge in [-0.05, 0) is 17.7 Å². The molecule has 0 bridgehead atoms. The Balaban J connectivity index is 2.47. The molecule has 0 saturated carbocycles. The third kappa shape index (κ3) is 4.20. The molecule has 0 aliphatic heterocycles. The van der Waals surface area contributed by atoms with E-state index < -0.39 is 49.9 Å². The quantitative estimate of drug-likeness (QED) is 0.814. The van der Waals surface area contributed by atoms with Crippen LogP contribution in [0.5, 0.6) is 0 Å². The molecule has 2 aromatic rings. The summed E-state index contributed by atoms with van der Waals surface area (Å²) in [6.07, 6.45) is -4.47. The van der Waals surface area contributed by atoms with E-state index in [0.717, 1.165) is 4.68 Å². The topological polar surface area (TPSA) is 81.1 Å². The fourth-order valence-electron chi connectivity index (χ4n) is 1.84. The molecule has 0 aliphatic rings. The van der Waals surface area contributed by atoms with Crippen molar-refractivity contribution >= 4 is 10.0 Å². The van der Waals surface area contributed by atoms with Crippen molar-refractivity contribution in [2.24, 2.45) is 7.05 Å². The molecule has 0 saturated heterocycles. The van der Waals surface area contributed by atoms with Crippen LogP contribution in [0.2, 0.25) is 0 Å². The Morgan fingerprint density at radius 1 is 1.16 bits per heavy atom. The number of alkyl halides is 3. The third-order valence-corrected chi connectivity index (χ3v) is 4.52. The zero-order chi connectivity index (χ0) is 19.0. The summed E-state index contributed by atoms with van der Waals surface area (Å²) in [5.41, 5.74) is -1.72. The number of hydrogen-bond acceptors (Lipinski definition) is 4.